The molecule has 1 saturated carbocycles. The summed E-state index contributed by atoms with van der Waals surface area (Å²) < 4.78 is 5.43. The van der Waals surface area contributed by atoms with Gasteiger partial charge in [0.2, 0.25) is 11.8 Å². The normalized spacial score (nSPS) is 20.9. The van der Waals surface area contributed by atoms with E-state index in [0.717, 1.165) is 43.6 Å². The maximum absolute atomic E-state index is 12.6. The quantitative estimate of drug-likeness (QED) is 0.848. The van der Waals surface area contributed by atoms with Gasteiger partial charge in [0.05, 0.1) is 0 Å². The lowest BCUT2D eigenvalue weighted by Gasteiger charge is -2.21. The molecule has 2 aromatic heterocycles. The molecule has 3 heterocycles. The van der Waals surface area contributed by atoms with Gasteiger partial charge >= 0.3 is 0 Å². The third-order valence-corrected chi connectivity index (χ3v) is 4.61. The zero-order valence-electron chi connectivity index (χ0n) is 13.0. The Morgan fingerprint density at radius 3 is 3.04 bits per heavy atom. The highest BCUT2D eigenvalue weighted by atomic mass is 16.5. The Kier molecular flexibility index (Phi) is 3.81. The second-order valence-corrected chi connectivity index (χ2v) is 6.37. The third kappa shape index (κ3) is 3.11. The van der Waals surface area contributed by atoms with Gasteiger partial charge in [-0.3, -0.25) is 9.78 Å². The number of pyridine rings is 1. The fourth-order valence-corrected chi connectivity index (χ4v) is 3.15. The average molecular weight is 312 g/mol. The fraction of sp³-hybridized carbons (Fsp3) is 0.529. The van der Waals surface area contributed by atoms with E-state index in [1.165, 1.54) is 0 Å². The molecule has 23 heavy (non-hydrogen) atoms. The SMILES string of the molecule is O=C(CCc1cccnc1)N1CCC[C@H]1c1nc(C2CC2)no1. The fourth-order valence-electron chi connectivity index (χ4n) is 3.15. The van der Waals surface area contributed by atoms with Gasteiger partial charge in [0.15, 0.2) is 5.82 Å². The largest absolute Gasteiger partial charge is 0.337 e. The van der Waals surface area contributed by atoms with Crippen molar-refractivity contribution >= 4 is 5.91 Å². The van der Waals surface area contributed by atoms with Gasteiger partial charge in [-0.15, -0.1) is 0 Å². The molecule has 0 radical (unpaired) electrons. The summed E-state index contributed by atoms with van der Waals surface area (Å²) in [5, 5.41) is 4.08. The number of aromatic nitrogens is 3. The highest BCUT2D eigenvalue weighted by molar-refractivity contribution is 5.77. The monoisotopic (exact) mass is 312 g/mol. The van der Waals surface area contributed by atoms with Gasteiger partial charge in [-0.05, 0) is 43.7 Å². The van der Waals surface area contributed by atoms with Gasteiger partial charge in [-0.2, -0.15) is 4.98 Å². The van der Waals surface area contributed by atoms with Crippen molar-refractivity contribution in [3.8, 4) is 0 Å². The second kappa shape index (κ2) is 6.10. The number of hydrogen-bond donors (Lipinski definition) is 0. The summed E-state index contributed by atoms with van der Waals surface area (Å²) in [6.07, 6.45) is 8.96. The molecule has 1 atom stereocenters. The van der Waals surface area contributed by atoms with Crippen molar-refractivity contribution in [2.45, 2.75) is 50.5 Å². The van der Waals surface area contributed by atoms with E-state index in [0.29, 0.717) is 24.7 Å². The zero-order chi connectivity index (χ0) is 15.6. The van der Waals surface area contributed by atoms with Crippen LogP contribution >= 0.6 is 0 Å². The number of aryl methyl sites for hydroxylation is 1. The zero-order valence-corrected chi connectivity index (χ0v) is 13.0. The molecule has 1 saturated heterocycles. The molecule has 6 heteroatoms. The van der Waals surface area contributed by atoms with Crippen LogP contribution in [0.15, 0.2) is 29.0 Å². The van der Waals surface area contributed by atoms with Crippen LogP contribution in [-0.4, -0.2) is 32.5 Å². The van der Waals surface area contributed by atoms with Gasteiger partial charge in [-0.1, -0.05) is 11.2 Å². The topological polar surface area (TPSA) is 72.1 Å². The van der Waals surface area contributed by atoms with Gasteiger partial charge in [0.25, 0.3) is 0 Å². The van der Waals surface area contributed by atoms with Crippen molar-refractivity contribution in [1.82, 2.24) is 20.0 Å². The Labute approximate surface area is 134 Å². The van der Waals surface area contributed by atoms with E-state index in [1.807, 2.05) is 23.2 Å². The van der Waals surface area contributed by atoms with E-state index >= 15 is 0 Å². The van der Waals surface area contributed by atoms with Crippen LogP contribution in [0.5, 0.6) is 0 Å². The summed E-state index contributed by atoms with van der Waals surface area (Å²) in [5.41, 5.74) is 1.09. The molecule has 0 aromatic carbocycles. The minimum Gasteiger partial charge on any atom is -0.337 e. The average Bonchev–Trinajstić information content (AvgIpc) is 3.12. The van der Waals surface area contributed by atoms with Crippen molar-refractivity contribution in [3.05, 3.63) is 41.8 Å². The lowest BCUT2D eigenvalue weighted by atomic mass is 10.1. The molecule has 4 rings (SSSR count). The molecule has 2 fully saturated rings. The number of amides is 1. The number of likely N-dealkylation sites (tertiary alicyclic amines) is 1. The number of nitrogens with zero attached hydrogens (tertiary/aromatic N) is 4. The van der Waals surface area contributed by atoms with E-state index in [-0.39, 0.29) is 11.9 Å². The van der Waals surface area contributed by atoms with E-state index in [4.69, 9.17) is 4.52 Å². The minimum atomic E-state index is -0.0450. The summed E-state index contributed by atoms with van der Waals surface area (Å²) in [6, 6.07) is 3.86. The molecule has 2 aromatic rings. The third-order valence-electron chi connectivity index (χ3n) is 4.61. The highest BCUT2D eigenvalue weighted by Crippen LogP contribution is 2.39. The first-order valence-electron chi connectivity index (χ1n) is 8.33. The first-order valence-corrected chi connectivity index (χ1v) is 8.33. The first kappa shape index (κ1) is 14.4. The summed E-state index contributed by atoms with van der Waals surface area (Å²) in [5.74, 6) is 2.06. The molecule has 120 valence electrons. The molecule has 6 nitrogen and oxygen atoms in total. The molecule has 0 N–H and O–H groups in total. The molecule has 0 bridgehead atoms. The van der Waals surface area contributed by atoms with Crippen LogP contribution in [0.3, 0.4) is 0 Å². The summed E-state index contributed by atoms with van der Waals surface area (Å²) >= 11 is 0. The molecule has 0 spiro atoms. The van der Waals surface area contributed by atoms with Crippen molar-refractivity contribution in [1.29, 1.82) is 0 Å². The van der Waals surface area contributed by atoms with Crippen LogP contribution in [0.25, 0.3) is 0 Å². The summed E-state index contributed by atoms with van der Waals surface area (Å²) in [6.45, 7) is 0.775. The van der Waals surface area contributed by atoms with Crippen LogP contribution in [0.2, 0.25) is 0 Å². The number of carbonyl (C=O) groups excluding carboxylic acids is 1. The molecule has 0 unspecified atom stereocenters. The Hall–Kier alpha value is -2.24. The van der Waals surface area contributed by atoms with Crippen LogP contribution in [0.4, 0.5) is 0 Å². The maximum atomic E-state index is 12.6. The highest BCUT2D eigenvalue weighted by Gasteiger charge is 2.35. The lowest BCUT2D eigenvalue weighted by molar-refractivity contribution is -0.132. The van der Waals surface area contributed by atoms with Gasteiger partial charge < -0.3 is 9.42 Å². The minimum absolute atomic E-state index is 0.0450. The van der Waals surface area contributed by atoms with Crippen molar-refractivity contribution in [2.24, 2.45) is 0 Å². The van der Waals surface area contributed by atoms with Crippen LogP contribution < -0.4 is 0 Å². The van der Waals surface area contributed by atoms with E-state index < -0.39 is 0 Å². The Balaban J connectivity index is 1.41. The van der Waals surface area contributed by atoms with Crippen molar-refractivity contribution < 1.29 is 9.32 Å². The number of hydrogen-bond acceptors (Lipinski definition) is 5. The van der Waals surface area contributed by atoms with Crippen molar-refractivity contribution in [3.63, 3.8) is 0 Å². The first-order chi connectivity index (χ1) is 11.3. The summed E-state index contributed by atoms with van der Waals surface area (Å²) in [4.78, 5) is 23.1. The van der Waals surface area contributed by atoms with E-state index in [9.17, 15) is 4.79 Å². The Morgan fingerprint density at radius 2 is 2.26 bits per heavy atom. The van der Waals surface area contributed by atoms with E-state index in [1.54, 1.807) is 6.20 Å². The molecule has 1 amide bonds. The van der Waals surface area contributed by atoms with Crippen LogP contribution in [-0.2, 0) is 11.2 Å². The van der Waals surface area contributed by atoms with Gasteiger partial charge in [-0.25, -0.2) is 0 Å². The molecular formula is C17H20N4O2. The Morgan fingerprint density at radius 1 is 1.35 bits per heavy atom. The lowest BCUT2D eigenvalue weighted by Crippen LogP contribution is -2.30. The van der Waals surface area contributed by atoms with E-state index in [2.05, 4.69) is 15.1 Å². The molecular weight excluding hydrogens is 292 g/mol. The molecule has 1 aliphatic heterocycles. The smallest absolute Gasteiger partial charge is 0.249 e. The number of rotatable bonds is 5. The predicted molar refractivity (Wildman–Crippen MR) is 82.5 cm³/mol. The van der Waals surface area contributed by atoms with Gasteiger partial charge in [0.1, 0.15) is 6.04 Å². The second-order valence-electron chi connectivity index (χ2n) is 6.37. The maximum Gasteiger partial charge on any atom is 0.249 e. The standard InChI is InChI=1S/C17H20N4O2/c22-15(8-5-12-3-1-9-18-11-12)21-10-2-4-14(21)17-19-16(20-23-17)13-6-7-13/h1,3,9,11,13-14H,2,4-8,10H2/t14-/m0/s1. The summed E-state index contributed by atoms with van der Waals surface area (Å²) in [7, 11) is 0. The van der Waals surface area contributed by atoms with Crippen molar-refractivity contribution in [2.75, 3.05) is 6.54 Å². The predicted octanol–water partition coefficient (Wildman–Crippen LogP) is 2.64. The van der Waals surface area contributed by atoms with Crippen LogP contribution in [0, 0.1) is 0 Å². The molecule has 2 aliphatic rings. The molecule has 1 aliphatic carbocycles. The number of carbonyl (C=O) groups is 1. The Bertz CT molecular complexity index is 681. The van der Waals surface area contributed by atoms with Crippen LogP contribution in [0.1, 0.15) is 61.3 Å². The van der Waals surface area contributed by atoms with Gasteiger partial charge in [0, 0.05) is 31.3 Å².